The number of aliphatic hydroxyl groups is 6. The summed E-state index contributed by atoms with van der Waals surface area (Å²) in [6.07, 6.45) is -5.53. The second kappa shape index (κ2) is 10.1. The standard InChI is InChI=1S/C26H30O12/c1-14(2)36-23(28)24(11-4-12-24)13-35-21-18(15-5-3-6-17-16(15)7-9-19(17)27)8-10-20(37-25(29,30)31)22(21)38-26(32,33)34/h3,5-6,8,10,14,29-34H,4,7,9,11-13H2,1-2H3. The largest absolute Gasteiger partial charge is 0.488 e. The first-order valence-electron chi connectivity index (χ1n) is 12.1. The van der Waals surface area contributed by atoms with E-state index in [1.165, 1.54) is 6.07 Å². The Morgan fingerprint density at radius 1 is 0.895 bits per heavy atom. The van der Waals surface area contributed by atoms with Crippen molar-refractivity contribution >= 4 is 11.8 Å². The number of esters is 1. The van der Waals surface area contributed by atoms with Gasteiger partial charge in [-0.05, 0) is 56.4 Å². The molecule has 0 saturated heterocycles. The van der Waals surface area contributed by atoms with Crippen molar-refractivity contribution in [1.82, 2.24) is 0 Å². The van der Waals surface area contributed by atoms with Crippen LogP contribution in [0, 0.1) is 5.41 Å². The van der Waals surface area contributed by atoms with Gasteiger partial charge >= 0.3 is 18.3 Å². The Morgan fingerprint density at radius 2 is 1.55 bits per heavy atom. The van der Waals surface area contributed by atoms with Crippen LogP contribution in [0.5, 0.6) is 17.2 Å². The van der Waals surface area contributed by atoms with E-state index in [4.69, 9.17) is 14.2 Å². The third-order valence-corrected chi connectivity index (χ3v) is 6.51. The summed E-state index contributed by atoms with van der Waals surface area (Å²) in [7, 11) is 0. The van der Waals surface area contributed by atoms with E-state index in [9.17, 15) is 40.2 Å². The molecule has 0 aromatic heterocycles. The molecule has 0 unspecified atom stereocenters. The fraction of sp³-hybridized carbons (Fsp3) is 0.462. The first-order valence-corrected chi connectivity index (χ1v) is 12.1. The van der Waals surface area contributed by atoms with Crippen LogP contribution in [0.15, 0.2) is 30.3 Å². The molecular formula is C26H30O12. The topological polar surface area (TPSA) is 192 Å². The summed E-state index contributed by atoms with van der Waals surface area (Å²) in [5.74, 6) is -2.22. The van der Waals surface area contributed by atoms with Crippen molar-refractivity contribution < 1.29 is 59.2 Å². The second-order valence-electron chi connectivity index (χ2n) is 9.75. The molecule has 0 aliphatic heterocycles. The molecule has 206 valence electrons. The van der Waals surface area contributed by atoms with Crippen molar-refractivity contribution in [1.29, 1.82) is 0 Å². The molecule has 4 rings (SSSR count). The number of hydrogen-bond acceptors (Lipinski definition) is 12. The van der Waals surface area contributed by atoms with Crippen LogP contribution in [-0.2, 0) is 16.0 Å². The van der Waals surface area contributed by atoms with Crippen LogP contribution in [0.2, 0.25) is 0 Å². The van der Waals surface area contributed by atoms with Crippen molar-refractivity contribution in [2.75, 3.05) is 6.61 Å². The van der Waals surface area contributed by atoms with Gasteiger partial charge in [0.25, 0.3) is 0 Å². The highest BCUT2D eigenvalue weighted by atomic mass is 16.9. The van der Waals surface area contributed by atoms with E-state index >= 15 is 0 Å². The summed E-state index contributed by atoms with van der Waals surface area (Å²) >= 11 is 0. The van der Waals surface area contributed by atoms with Gasteiger partial charge < -0.3 is 49.6 Å². The van der Waals surface area contributed by atoms with E-state index in [2.05, 4.69) is 4.74 Å². The van der Waals surface area contributed by atoms with Crippen molar-refractivity contribution in [2.24, 2.45) is 5.41 Å². The van der Waals surface area contributed by atoms with E-state index in [-0.39, 0.29) is 36.2 Å². The quantitative estimate of drug-likeness (QED) is 0.187. The third-order valence-electron chi connectivity index (χ3n) is 6.51. The van der Waals surface area contributed by atoms with Crippen molar-refractivity contribution in [2.45, 2.75) is 64.4 Å². The van der Waals surface area contributed by atoms with Crippen LogP contribution in [0.25, 0.3) is 11.1 Å². The average molecular weight is 535 g/mol. The van der Waals surface area contributed by atoms with Gasteiger partial charge in [0, 0.05) is 17.5 Å². The van der Waals surface area contributed by atoms with Gasteiger partial charge in [0.1, 0.15) is 12.0 Å². The zero-order chi connectivity index (χ0) is 27.9. The molecule has 12 heteroatoms. The van der Waals surface area contributed by atoms with Crippen molar-refractivity contribution in [3.05, 3.63) is 41.5 Å². The van der Waals surface area contributed by atoms with Crippen LogP contribution >= 0.6 is 0 Å². The second-order valence-corrected chi connectivity index (χ2v) is 9.75. The lowest BCUT2D eigenvalue weighted by Gasteiger charge is -2.39. The van der Waals surface area contributed by atoms with Gasteiger partial charge in [0.15, 0.2) is 17.3 Å². The first-order chi connectivity index (χ1) is 17.7. The van der Waals surface area contributed by atoms with Crippen molar-refractivity contribution in [3.8, 4) is 28.4 Å². The molecule has 0 atom stereocenters. The van der Waals surface area contributed by atoms with Crippen molar-refractivity contribution in [3.63, 3.8) is 0 Å². The summed E-state index contributed by atoms with van der Waals surface area (Å²) in [5, 5.41) is 57.0. The van der Waals surface area contributed by atoms with Gasteiger partial charge in [0.2, 0.25) is 5.75 Å². The Hall–Kier alpha value is -3.26. The molecule has 0 bridgehead atoms. The fourth-order valence-corrected chi connectivity index (χ4v) is 4.66. The number of hydrogen-bond donors (Lipinski definition) is 6. The molecule has 12 nitrogen and oxygen atoms in total. The molecule has 2 aromatic rings. The lowest BCUT2D eigenvalue weighted by Crippen LogP contribution is -2.45. The van der Waals surface area contributed by atoms with Crippen LogP contribution in [-0.4, -0.2) is 67.4 Å². The minimum Gasteiger partial charge on any atom is -0.488 e. The van der Waals surface area contributed by atoms with Gasteiger partial charge in [-0.25, -0.2) is 0 Å². The monoisotopic (exact) mass is 534 g/mol. The van der Waals surface area contributed by atoms with Gasteiger partial charge in [-0.3, -0.25) is 9.59 Å². The van der Waals surface area contributed by atoms with Gasteiger partial charge in [0.05, 0.1) is 6.10 Å². The zero-order valence-electron chi connectivity index (χ0n) is 20.8. The molecule has 2 aromatic carbocycles. The SMILES string of the molecule is CC(C)OC(=O)C1(COc2c(-c3cccc4c3CCC4=O)ccc(OC(O)(O)O)c2OC(O)(O)O)CCC1. The number of ketones is 1. The van der Waals surface area contributed by atoms with E-state index in [1.54, 1.807) is 32.0 Å². The molecule has 0 amide bonds. The highest BCUT2D eigenvalue weighted by Crippen LogP contribution is 2.50. The summed E-state index contributed by atoms with van der Waals surface area (Å²) in [4.78, 5) is 25.2. The molecule has 6 N–H and O–H groups in total. The molecular weight excluding hydrogens is 504 g/mol. The zero-order valence-corrected chi connectivity index (χ0v) is 20.8. The van der Waals surface area contributed by atoms with Gasteiger partial charge in [-0.15, -0.1) is 0 Å². The molecule has 1 fully saturated rings. The molecule has 1 saturated carbocycles. The minimum atomic E-state index is -3.78. The minimum absolute atomic E-state index is 0.0590. The number of benzene rings is 2. The Bertz CT molecular complexity index is 1220. The highest BCUT2D eigenvalue weighted by molar-refractivity contribution is 6.02. The van der Waals surface area contributed by atoms with E-state index in [0.717, 1.165) is 12.5 Å². The molecule has 0 spiro atoms. The number of rotatable bonds is 10. The van der Waals surface area contributed by atoms with E-state index in [0.29, 0.717) is 36.0 Å². The molecule has 2 aliphatic carbocycles. The van der Waals surface area contributed by atoms with Crippen LogP contribution < -0.4 is 14.2 Å². The number of Topliss-reactive ketones (excluding diaryl/α,β-unsaturated/α-hetero) is 1. The van der Waals surface area contributed by atoms with E-state index in [1.807, 2.05) is 0 Å². The van der Waals surface area contributed by atoms with Crippen LogP contribution in [0.1, 0.15) is 55.5 Å². The predicted octanol–water partition coefficient (Wildman–Crippen LogP) is 0.917. The maximum Gasteiger partial charge on any atom is 0.453 e. The summed E-state index contributed by atoms with van der Waals surface area (Å²) in [6, 6.07) is 7.51. The smallest absolute Gasteiger partial charge is 0.453 e. The lowest BCUT2D eigenvalue weighted by atomic mass is 9.69. The fourth-order valence-electron chi connectivity index (χ4n) is 4.66. The molecule has 0 heterocycles. The molecule has 38 heavy (non-hydrogen) atoms. The van der Waals surface area contributed by atoms with Gasteiger partial charge in [-0.2, -0.15) is 0 Å². The van der Waals surface area contributed by atoms with E-state index < -0.39 is 35.2 Å². The number of carbonyl (C=O) groups is 2. The predicted molar refractivity (Wildman–Crippen MR) is 128 cm³/mol. The summed E-state index contributed by atoms with van der Waals surface area (Å²) in [5.41, 5.74) is 0.911. The maximum absolute atomic E-state index is 12.9. The molecule has 2 aliphatic rings. The highest BCUT2D eigenvalue weighted by Gasteiger charge is 2.47. The Kier molecular flexibility index (Phi) is 7.40. The summed E-state index contributed by atoms with van der Waals surface area (Å²) in [6.45, 7) is 3.17. The Labute approximate surface area is 217 Å². The summed E-state index contributed by atoms with van der Waals surface area (Å²) < 4.78 is 21.0. The maximum atomic E-state index is 12.9. The van der Waals surface area contributed by atoms with Gasteiger partial charge in [-0.1, -0.05) is 24.6 Å². The number of ether oxygens (including phenoxy) is 4. The Morgan fingerprint density at radius 3 is 2.13 bits per heavy atom. The Balaban J connectivity index is 1.86. The number of carbonyl (C=O) groups excluding carboxylic acids is 2. The number of fused-ring (bicyclic) bond motifs is 1. The lowest BCUT2D eigenvalue weighted by molar-refractivity contribution is -0.428. The van der Waals surface area contributed by atoms with Crippen LogP contribution in [0.4, 0.5) is 0 Å². The normalized spacial score (nSPS) is 16.6. The average Bonchev–Trinajstić information content (AvgIpc) is 3.13. The first kappa shape index (κ1) is 27.8. The van der Waals surface area contributed by atoms with Crippen LogP contribution in [0.3, 0.4) is 0 Å². The third kappa shape index (κ3) is 5.90. The molecule has 0 radical (unpaired) electrons.